The van der Waals surface area contributed by atoms with Crippen molar-refractivity contribution in [3.05, 3.63) is 46.4 Å². The zero-order chi connectivity index (χ0) is 15.9. The first-order valence-corrected chi connectivity index (χ1v) is 7.37. The summed E-state index contributed by atoms with van der Waals surface area (Å²) in [5.74, 6) is -0.416. The van der Waals surface area contributed by atoms with Gasteiger partial charge in [0.25, 0.3) is 5.56 Å². The topological polar surface area (TPSA) is 64.1 Å². The second-order valence-electron chi connectivity index (χ2n) is 5.46. The predicted octanol–water partition coefficient (Wildman–Crippen LogP) is 3.24. The molecule has 0 saturated heterocycles. The molecule has 0 spiro atoms. The summed E-state index contributed by atoms with van der Waals surface area (Å²) >= 11 is 0. The number of hydrogen-bond acceptors (Lipinski definition) is 3. The molecule has 2 aromatic heterocycles. The molecule has 114 valence electrons. The Morgan fingerprint density at radius 1 is 1.32 bits per heavy atom. The number of aromatic amines is 1. The third kappa shape index (κ3) is 2.01. The summed E-state index contributed by atoms with van der Waals surface area (Å²) in [5.41, 5.74) is 1.54. The molecule has 0 fully saturated rings. The van der Waals surface area contributed by atoms with Gasteiger partial charge in [-0.3, -0.25) is 4.79 Å². The number of benzene rings is 1. The van der Waals surface area contributed by atoms with E-state index in [0.717, 1.165) is 10.9 Å². The predicted molar refractivity (Wildman–Crippen MR) is 86.4 cm³/mol. The molecule has 0 radical (unpaired) electrons. The van der Waals surface area contributed by atoms with Gasteiger partial charge in [0.2, 0.25) is 0 Å². The highest BCUT2D eigenvalue weighted by molar-refractivity contribution is 6.15. The van der Waals surface area contributed by atoms with E-state index in [2.05, 4.69) is 4.98 Å². The van der Waals surface area contributed by atoms with E-state index in [1.54, 1.807) is 17.7 Å². The molecular formula is C17H18N2O3. The lowest BCUT2D eigenvalue weighted by molar-refractivity contribution is 0.0529. The van der Waals surface area contributed by atoms with E-state index in [4.69, 9.17) is 4.74 Å². The zero-order valence-corrected chi connectivity index (χ0v) is 12.8. The van der Waals surface area contributed by atoms with Gasteiger partial charge >= 0.3 is 5.97 Å². The molecule has 0 saturated carbocycles. The number of hydrogen-bond donors (Lipinski definition) is 1. The monoisotopic (exact) mass is 298 g/mol. The molecule has 5 heteroatoms. The van der Waals surface area contributed by atoms with Crippen LogP contribution in [0.3, 0.4) is 0 Å². The number of carbonyl (C=O) groups excluding carboxylic acids is 1. The number of aromatic nitrogens is 2. The number of ether oxygens (including phenoxy) is 1. The lowest BCUT2D eigenvalue weighted by Crippen LogP contribution is -2.22. The van der Waals surface area contributed by atoms with Crippen molar-refractivity contribution in [2.45, 2.75) is 26.8 Å². The molecule has 0 aliphatic rings. The summed E-state index contributed by atoms with van der Waals surface area (Å²) in [4.78, 5) is 27.8. The molecule has 5 nitrogen and oxygen atoms in total. The fourth-order valence-electron chi connectivity index (χ4n) is 2.88. The summed E-state index contributed by atoms with van der Waals surface area (Å²) in [6.07, 6.45) is 1.56. The Balaban J connectivity index is 2.48. The maximum Gasteiger partial charge on any atom is 0.340 e. The van der Waals surface area contributed by atoms with E-state index in [1.807, 2.05) is 38.1 Å². The summed E-state index contributed by atoms with van der Waals surface area (Å²) in [7, 11) is 0. The van der Waals surface area contributed by atoms with Crippen LogP contribution in [0, 0.1) is 0 Å². The van der Waals surface area contributed by atoms with Crippen molar-refractivity contribution in [3.8, 4) is 0 Å². The molecule has 3 rings (SSSR count). The molecule has 22 heavy (non-hydrogen) atoms. The number of H-pyrrole nitrogens is 1. The van der Waals surface area contributed by atoms with Crippen LogP contribution in [0.5, 0.6) is 0 Å². The number of para-hydroxylation sites is 1. The van der Waals surface area contributed by atoms with E-state index >= 15 is 0 Å². The summed E-state index contributed by atoms with van der Waals surface area (Å²) in [6.45, 7) is 5.99. The van der Waals surface area contributed by atoms with Crippen molar-refractivity contribution in [3.63, 3.8) is 0 Å². The number of esters is 1. The number of nitrogens with zero attached hydrogens (tertiary/aromatic N) is 1. The summed E-state index contributed by atoms with van der Waals surface area (Å²) in [6, 6.07) is 7.64. The van der Waals surface area contributed by atoms with Gasteiger partial charge in [0.05, 0.1) is 17.7 Å². The minimum absolute atomic E-state index is 0.0242. The molecule has 0 bridgehead atoms. The highest BCUT2D eigenvalue weighted by Crippen LogP contribution is 2.27. The minimum atomic E-state index is -0.416. The van der Waals surface area contributed by atoms with Gasteiger partial charge in [0, 0.05) is 23.0 Å². The van der Waals surface area contributed by atoms with Crippen LogP contribution < -0.4 is 5.56 Å². The normalized spacial score (nSPS) is 11.5. The molecule has 2 heterocycles. The largest absolute Gasteiger partial charge is 0.462 e. The standard InChI is InChI=1S/C17H18N2O3/c1-4-22-17(21)12-9-18-15-14(12)11-7-5-6-8-13(11)19(10(2)3)16(15)20/h5-10,18H,4H2,1-3H3. The van der Waals surface area contributed by atoms with Crippen molar-refractivity contribution in [1.29, 1.82) is 0 Å². The molecule has 0 unspecified atom stereocenters. The molecule has 3 aromatic rings. The molecule has 0 aliphatic heterocycles. The first-order valence-electron chi connectivity index (χ1n) is 7.37. The van der Waals surface area contributed by atoms with Gasteiger partial charge in [-0.2, -0.15) is 0 Å². The average Bonchev–Trinajstić information content (AvgIpc) is 2.93. The van der Waals surface area contributed by atoms with Gasteiger partial charge in [-0.05, 0) is 26.8 Å². The van der Waals surface area contributed by atoms with Gasteiger partial charge in [0.15, 0.2) is 0 Å². The van der Waals surface area contributed by atoms with E-state index < -0.39 is 5.97 Å². The van der Waals surface area contributed by atoms with Gasteiger partial charge in [-0.15, -0.1) is 0 Å². The first kappa shape index (κ1) is 14.4. The van der Waals surface area contributed by atoms with Crippen LogP contribution in [0.25, 0.3) is 21.8 Å². The van der Waals surface area contributed by atoms with Gasteiger partial charge < -0.3 is 14.3 Å². The molecule has 1 aromatic carbocycles. The maximum atomic E-state index is 12.8. The Labute approximate surface area is 127 Å². The highest BCUT2D eigenvalue weighted by atomic mass is 16.5. The molecular weight excluding hydrogens is 280 g/mol. The quantitative estimate of drug-likeness (QED) is 0.755. The highest BCUT2D eigenvalue weighted by Gasteiger charge is 2.20. The van der Waals surface area contributed by atoms with Crippen LogP contribution in [0.1, 0.15) is 37.2 Å². The second kappa shape index (κ2) is 5.33. The summed E-state index contributed by atoms with van der Waals surface area (Å²) < 4.78 is 6.83. The van der Waals surface area contributed by atoms with Crippen LogP contribution in [-0.2, 0) is 4.74 Å². The Morgan fingerprint density at radius 3 is 2.73 bits per heavy atom. The smallest absolute Gasteiger partial charge is 0.340 e. The minimum Gasteiger partial charge on any atom is -0.462 e. The maximum absolute atomic E-state index is 12.8. The van der Waals surface area contributed by atoms with E-state index in [1.165, 1.54) is 0 Å². The average molecular weight is 298 g/mol. The number of pyridine rings is 1. The lowest BCUT2D eigenvalue weighted by Gasteiger charge is -2.15. The summed E-state index contributed by atoms with van der Waals surface area (Å²) in [5, 5.41) is 1.51. The van der Waals surface area contributed by atoms with Crippen molar-refractivity contribution >= 4 is 27.8 Å². The Bertz CT molecular complexity index is 919. The number of nitrogens with one attached hydrogen (secondary N) is 1. The van der Waals surface area contributed by atoms with E-state index in [0.29, 0.717) is 23.1 Å². The zero-order valence-electron chi connectivity index (χ0n) is 12.8. The second-order valence-corrected chi connectivity index (χ2v) is 5.46. The molecule has 1 N–H and O–H groups in total. The van der Waals surface area contributed by atoms with Crippen LogP contribution >= 0.6 is 0 Å². The SMILES string of the molecule is CCOC(=O)c1c[nH]c2c(=O)n(C(C)C)c3ccccc3c12. The fourth-order valence-corrected chi connectivity index (χ4v) is 2.88. The number of carbonyl (C=O) groups is 1. The number of rotatable bonds is 3. The Morgan fingerprint density at radius 2 is 2.05 bits per heavy atom. The lowest BCUT2D eigenvalue weighted by atomic mass is 10.1. The Hall–Kier alpha value is -2.56. The fraction of sp³-hybridized carbons (Fsp3) is 0.294. The van der Waals surface area contributed by atoms with E-state index in [-0.39, 0.29) is 11.6 Å². The van der Waals surface area contributed by atoms with Gasteiger partial charge in [-0.25, -0.2) is 4.79 Å². The molecule has 0 aliphatic carbocycles. The molecule has 0 amide bonds. The Kier molecular flexibility index (Phi) is 3.48. The van der Waals surface area contributed by atoms with Crippen LogP contribution in [0.4, 0.5) is 0 Å². The number of fused-ring (bicyclic) bond motifs is 3. The third-order valence-corrected chi connectivity index (χ3v) is 3.76. The van der Waals surface area contributed by atoms with Crippen molar-refractivity contribution in [1.82, 2.24) is 9.55 Å². The van der Waals surface area contributed by atoms with Crippen LogP contribution in [-0.4, -0.2) is 22.1 Å². The van der Waals surface area contributed by atoms with Crippen molar-refractivity contribution in [2.75, 3.05) is 6.61 Å². The van der Waals surface area contributed by atoms with Gasteiger partial charge in [-0.1, -0.05) is 18.2 Å². The van der Waals surface area contributed by atoms with Crippen molar-refractivity contribution < 1.29 is 9.53 Å². The van der Waals surface area contributed by atoms with Crippen LogP contribution in [0.2, 0.25) is 0 Å². The third-order valence-electron chi connectivity index (χ3n) is 3.76. The molecule has 0 atom stereocenters. The van der Waals surface area contributed by atoms with Crippen LogP contribution in [0.15, 0.2) is 35.3 Å². The van der Waals surface area contributed by atoms with Crippen molar-refractivity contribution in [2.24, 2.45) is 0 Å². The first-order chi connectivity index (χ1) is 10.6. The van der Waals surface area contributed by atoms with Gasteiger partial charge in [0.1, 0.15) is 5.52 Å². The van der Waals surface area contributed by atoms with E-state index in [9.17, 15) is 9.59 Å².